The summed E-state index contributed by atoms with van der Waals surface area (Å²) >= 11 is 6.50. The van der Waals surface area contributed by atoms with Crippen LogP contribution in [0.4, 0.5) is 11.4 Å². The Balaban J connectivity index is 1.82. The number of likely N-dealkylation sites (N-methyl/N-ethyl adjacent to an activating group) is 1. The first kappa shape index (κ1) is 16.7. The number of ether oxygens (including phenoxy) is 1. The third-order valence-corrected chi connectivity index (χ3v) is 5.01. The number of hydrogen-bond acceptors (Lipinski definition) is 3. The maximum Gasteiger partial charge on any atom is 0.119 e. The van der Waals surface area contributed by atoms with Crippen LogP contribution in [0.25, 0.3) is 0 Å². The Morgan fingerprint density at radius 1 is 1.17 bits per heavy atom. The van der Waals surface area contributed by atoms with Crippen molar-refractivity contribution in [2.45, 2.75) is 25.3 Å². The van der Waals surface area contributed by atoms with Crippen molar-refractivity contribution in [1.82, 2.24) is 0 Å². The molecular weight excluding hydrogens is 320 g/mol. The van der Waals surface area contributed by atoms with Crippen molar-refractivity contribution in [2.24, 2.45) is 0 Å². The van der Waals surface area contributed by atoms with Gasteiger partial charge in [0.05, 0.1) is 13.2 Å². The molecule has 2 aromatic carbocycles. The minimum absolute atomic E-state index is 0.00687. The standard InChI is InChI=1S/C20H23ClN2O/c1-20(2)16-7-5-6-8-17(16)23(3)18(20)13-19(21)22-14-9-11-15(24-4)12-10-14/h5-13,18,22H,1-4H3/b19-13+/t18-/m1/s1. The van der Waals surface area contributed by atoms with Crippen molar-refractivity contribution < 1.29 is 4.74 Å². The van der Waals surface area contributed by atoms with Gasteiger partial charge in [-0.05, 0) is 42.0 Å². The van der Waals surface area contributed by atoms with Crippen molar-refractivity contribution >= 4 is 23.0 Å². The Morgan fingerprint density at radius 2 is 1.83 bits per heavy atom. The van der Waals surface area contributed by atoms with Gasteiger partial charge in [0.1, 0.15) is 10.9 Å². The summed E-state index contributed by atoms with van der Waals surface area (Å²) in [6.45, 7) is 4.52. The number of nitrogens with zero attached hydrogens (tertiary/aromatic N) is 1. The number of anilines is 2. The molecule has 0 fully saturated rings. The highest BCUT2D eigenvalue weighted by Gasteiger charge is 2.41. The summed E-state index contributed by atoms with van der Waals surface area (Å²) in [5, 5.41) is 3.87. The molecule has 1 aliphatic heterocycles. The van der Waals surface area contributed by atoms with E-state index in [2.05, 4.69) is 61.5 Å². The molecule has 0 saturated carbocycles. The highest BCUT2D eigenvalue weighted by molar-refractivity contribution is 6.31. The molecule has 24 heavy (non-hydrogen) atoms. The number of halogens is 1. The van der Waals surface area contributed by atoms with Crippen LogP contribution in [0.5, 0.6) is 5.75 Å². The van der Waals surface area contributed by atoms with Crippen molar-refractivity contribution in [3.8, 4) is 5.75 Å². The molecule has 0 saturated heterocycles. The highest BCUT2D eigenvalue weighted by Crippen LogP contribution is 2.45. The summed E-state index contributed by atoms with van der Waals surface area (Å²) in [5.74, 6) is 0.827. The fourth-order valence-corrected chi connectivity index (χ4v) is 3.66. The maximum atomic E-state index is 6.50. The van der Waals surface area contributed by atoms with E-state index in [4.69, 9.17) is 16.3 Å². The molecule has 3 nitrogen and oxygen atoms in total. The number of nitrogens with one attached hydrogen (secondary N) is 1. The zero-order valence-electron chi connectivity index (χ0n) is 14.5. The van der Waals surface area contributed by atoms with Gasteiger partial charge in [-0.1, -0.05) is 43.6 Å². The fraction of sp³-hybridized carbons (Fsp3) is 0.300. The van der Waals surface area contributed by atoms with Crippen LogP contribution < -0.4 is 15.0 Å². The second-order valence-electron chi connectivity index (χ2n) is 6.66. The van der Waals surface area contributed by atoms with Gasteiger partial charge in [-0.25, -0.2) is 0 Å². The number of para-hydroxylation sites is 1. The van der Waals surface area contributed by atoms with Crippen LogP contribution in [0.15, 0.2) is 59.8 Å². The van der Waals surface area contributed by atoms with E-state index >= 15 is 0 Å². The monoisotopic (exact) mass is 342 g/mol. The van der Waals surface area contributed by atoms with Gasteiger partial charge in [-0.3, -0.25) is 0 Å². The topological polar surface area (TPSA) is 24.5 Å². The van der Waals surface area contributed by atoms with Gasteiger partial charge in [0, 0.05) is 23.8 Å². The fourth-order valence-electron chi connectivity index (χ4n) is 3.43. The van der Waals surface area contributed by atoms with Gasteiger partial charge >= 0.3 is 0 Å². The minimum Gasteiger partial charge on any atom is -0.497 e. The lowest BCUT2D eigenvalue weighted by Crippen LogP contribution is -2.38. The van der Waals surface area contributed by atoms with E-state index in [-0.39, 0.29) is 11.5 Å². The second kappa shape index (κ2) is 6.40. The van der Waals surface area contributed by atoms with E-state index in [1.807, 2.05) is 24.3 Å². The van der Waals surface area contributed by atoms with Gasteiger partial charge < -0.3 is 15.0 Å². The van der Waals surface area contributed by atoms with E-state index < -0.39 is 0 Å². The molecule has 0 radical (unpaired) electrons. The summed E-state index contributed by atoms with van der Waals surface area (Å²) in [5.41, 5.74) is 3.54. The molecule has 0 spiro atoms. The zero-order valence-corrected chi connectivity index (χ0v) is 15.3. The molecule has 4 heteroatoms. The predicted molar refractivity (Wildman–Crippen MR) is 102 cm³/mol. The first-order chi connectivity index (χ1) is 11.4. The molecule has 0 bridgehead atoms. The van der Waals surface area contributed by atoms with Gasteiger partial charge in [-0.15, -0.1) is 0 Å². The third kappa shape index (κ3) is 2.96. The lowest BCUT2D eigenvalue weighted by atomic mass is 9.80. The Bertz CT molecular complexity index is 752. The summed E-state index contributed by atoms with van der Waals surface area (Å²) in [6.07, 6.45) is 2.09. The lowest BCUT2D eigenvalue weighted by molar-refractivity contribution is 0.415. The summed E-state index contributed by atoms with van der Waals surface area (Å²) in [6, 6.07) is 16.4. The molecule has 0 aromatic heterocycles. The molecule has 1 N–H and O–H groups in total. The SMILES string of the molecule is COc1ccc(N/C(Cl)=C/[C@H]2N(C)c3ccccc3C2(C)C)cc1. The van der Waals surface area contributed by atoms with Crippen LogP contribution in [0.1, 0.15) is 19.4 Å². The first-order valence-electron chi connectivity index (χ1n) is 8.04. The number of fused-ring (bicyclic) bond motifs is 1. The minimum atomic E-state index is -0.00687. The van der Waals surface area contributed by atoms with E-state index in [1.54, 1.807) is 7.11 Å². The molecule has 1 aliphatic rings. The molecule has 2 aromatic rings. The Morgan fingerprint density at radius 3 is 2.46 bits per heavy atom. The molecule has 126 valence electrons. The average molecular weight is 343 g/mol. The smallest absolute Gasteiger partial charge is 0.119 e. The number of methoxy groups -OCH3 is 1. The van der Waals surface area contributed by atoms with Gasteiger partial charge in [-0.2, -0.15) is 0 Å². The number of hydrogen-bond donors (Lipinski definition) is 1. The lowest BCUT2D eigenvalue weighted by Gasteiger charge is -2.30. The van der Waals surface area contributed by atoms with Crippen molar-refractivity contribution in [3.63, 3.8) is 0 Å². The molecule has 0 amide bonds. The summed E-state index contributed by atoms with van der Waals surface area (Å²) in [7, 11) is 3.78. The van der Waals surface area contributed by atoms with E-state index in [9.17, 15) is 0 Å². The Kier molecular flexibility index (Phi) is 4.46. The second-order valence-corrected chi connectivity index (χ2v) is 7.07. The first-order valence-corrected chi connectivity index (χ1v) is 8.42. The maximum absolute atomic E-state index is 6.50. The molecular formula is C20H23ClN2O. The quantitative estimate of drug-likeness (QED) is 0.793. The van der Waals surface area contributed by atoms with Gasteiger partial charge in [0.25, 0.3) is 0 Å². The van der Waals surface area contributed by atoms with Crippen molar-refractivity contribution in [3.05, 3.63) is 65.3 Å². The summed E-state index contributed by atoms with van der Waals surface area (Å²) in [4.78, 5) is 2.29. The van der Waals surface area contributed by atoms with Crippen LogP contribution in [-0.4, -0.2) is 20.2 Å². The molecule has 1 heterocycles. The normalized spacial score (nSPS) is 19.1. The van der Waals surface area contributed by atoms with Crippen molar-refractivity contribution in [2.75, 3.05) is 24.4 Å². The number of benzene rings is 2. The zero-order chi connectivity index (χ0) is 17.3. The highest BCUT2D eigenvalue weighted by atomic mass is 35.5. The van der Waals surface area contributed by atoms with Gasteiger partial charge in [0.15, 0.2) is 0 Å². The summed E-state index contributed by atoms with van der Waals surface area (Å²) < 4.78 is 5.18. The Labute approximate surface area is 148 Å². The molecule has 3 rings (SSSR count). The van der Waals surface area contributed by atoms with Crippen LogP contribution in [0, 0.1) is 0 Å². The van der Waals surface area contributed by atoms with Crippen LogP contribution >= 0.6 is 11.6 Å². The van der Waals surface area contributed by atoms with E-state index in [0.717, 1.165) is 11.4 Å². The van der Waals surface area contributed by atoms with E-state index in [1.165, 1.54) is 11.3 Å². The molecule has 1 atom stereocenters. The van der Waals surface area contributed by atoms with Crippen LogP contribution in [-0.2, 0) is 5.41 Å². The third-order valence-electron chi connectivity index (χ3n) is 4.79. The number of rotatable bonds is 4. The molecule has 0 unspecified atom stereocenters. The van der Waals surface area contributed by atoms with Crippen LogP contribution in [0.3, 0.4) is 0 Å². The van der Waals surface area contributed by atoms with Crippen molar-refractivity contribution in [1.29, 1.82) is 0 Å². The van der Waals surface area contributed by atoms with Gasteiger partial charge in [0.2, 0.25) is 0 Å². The largest absolute Gasteiger partial charge is 0.497 e. The predicted octanol–water partition coefficient (Wildman–Crippen LogP) is 4.98. The average Bonchev–Trinajstić information content (AvgIpc) is 2.77. The van der Waals surface area contributed by atoms with Crippen LogP contribution in [0.2, 0.25) is 0 Å². The molecule has 0 aliphatic carbocycles. The Hall–Kier alpha value is -2.13. The van der Waals surface area contributed by atoms with E-state index in [0.29, 0.717) is 5.16 Å².